The van der Waals surface area contributed by atoms with Crippen molar-refractivity contribution in [2.75, 3.05) is 26.7 Å². The van der Waals surface area contributed by atoms with Crippen LogP contribution >= 0.6 is 0 Å². The normalized spacial score (nSPS) is 23.9. The monoisotopic (exact) mass is 644 g/mol. The molecule has 0 spiro atoms. The van der Waals surface area contributed by atoms with Crippen LogP contribution in [0, 0.1) is 30.5 Å². The zero-order chi connectivity index (χ0) is 33.3. The average molecular weight is 645 g/mol. The number of aliphatic carboxylic acids is 1. The van der Waals surface area contributed by atoms with Gasteiger partial charge in [-0.2, -0.15) is 26.3 Å². The van der Waals surface area contributed by atoms with E-state index in [0.29, 0.717) is 43.1 Å². The third-order valence-corrected chi connectivity index (χ3v) is 9.61. The summed E-state index contributed by atoms with van der Waals surface area (Å²) < 4.78 is 95.2. The number of carboxylic acid groups (broad SMARTS) is 1. The van der Waals surface area contributed by atoms with E-state index in [0.717, 1.165) is 37.8 Å². The Hall–Kier alpha value is -3.15. The molecule has 1 amide bonds. The van der Waals surface area contributed by atoms with Gasteiger partial charge in [0.1, 0.15) is 5.82 Å². The second-order valence-electron chi connectivity index (χ2n) is 12.7. The molecule has 2 aromatic carbocycles. The fourth-order valence-corrected chi connectivity index (χ4v) is 6.98. The van der Waals surface area contributed by atoms with Gasteiger partial charge < -0.3 is 14.9 Å². The van der Waals surface area contributed by atoms with Gasteiger partial charge in [-0.15, -0.1) is 0 Å². The lowest BCUT2D eigenvalue weighted by molar-refractivity contribution is -0.143. The van der Waals surface area contributed by atoms with Crippen molar-refractivity contribution in [2.24, 2.45) is 17.8 Å². The largest absolute Gasteiger partial charge is 0.481 e. The Balaban J connectivity index is 1.56. The zero-order valence-corrected chi connectivity index (χ0v) is 25.5. The highest BCUT2D eigenvalue weighted by molar-refractivity contribution is 5.80. The van der Waals surface area contributed by atoms with Crippen molar-refractivity contribution >= 4 is 11.9 Å². The quantitative estimate of drug-likeness (QED) is 0.295. The summed E-state index contributed by atoms with van der Waals surface area (Å²) in [5, 5.41) is 9.11. The van der Waals surface area contributed by atoms with Gasteiger partial charge in [0, 0.05) is 38.4 Å². The molecular formula is C33H39F7N2O3. The first-order chi connectivity index (χ1) is 20.9. The number of nitrogens with zero attached hydrogens (tertiary/aromatic N) is 2. The molecule has 1 aliphatic heterocycles. The highest BCUT2D eigenvalue weighted by Crippen LogP contribution is 2.41. The highest BCUT2D eigenvalue weighted by Gasteiger charge is 2.41. The van der Waals surface area contributed by atoms with E-state index in [2.05, 4.69) is 4.90 Å². The fourth-order valence-electron chi connectivity index (χ4n) is 6.98. The second kappa shape index (κ2) is 13.7. The molecule has 5 nitrogen and oxygen atoms in total. The van der Waals surface area contributed by atoms with Crippen LogP contribution in [0.15, 0.2) is 36.4 Å². The van der Waals surface area contributed by atoms with Gasteiger partial charge in [0.25, 0.3) is 0 Å². The van der Waals surface area contributed by atoms with E-state index in [1.54, 1.807) is 13.0 Å². The summed E-state index contributed by atoms with van der Waals surface area (Å²) in [6.07, 6.45) is -5.99. The standard InChI is InChI=1S/C33H39F7N2O3/c1-19-12-26(34)8-9-27(19)29-18-42(17-22-6-4-21(5-7-22)13-30(43)44)11-10-28(29)31(45)41(3)20(2)23-14-24(32(35,36)37)16-25(15-23)33(38,39)40/h8-9,12,14-16,20-22,28-29H,4-7,10-11,13,17-18H2,1-3H3,(H,43,44)/t20-,21?,22?,28-,29+/m0/s1. The van der Waals surface area contributed by atoms with Crippen molar-refractivity contribution in [3.05, 3.63) is 70.0 Å². The Morgan fingerprint density at radius 3 is 2.04 bits per heavy atom. The molecule has 248 valence electrons. The predicted octanol–water partition coefficient (Wildman–Crippen LogP) is 8.08. The Labute approximate surface area is 258 Å². The molecule has 3 atom stereocenters. The third-order valence-electron chi connectivity index (χ3n) is 9.61. The van der Waals surface area contributed by atoms with E-state index in [4.69, 9.17) is 5.11 Å². The van der Waals surface area contributed by atoms with Gasteiger partial charge in [-0.3, -0.25) is 9.59 Å². The lowest BCUT2D eigenvalue weighted by atomic mass is 9.76. The number of aryl methyl sites for hydroxylation is 1. The summed E-state index contributed by atoms with van der Waals surface area (Å²) >= 11 is 0. The first kappa shape index (κ1) is 34.7. The number of likely N-dealkylation sites (tertiary alicyclic amines) is 1. The van der Waals surface area contributed by atoms with E-state index in [-0.39, 0.29) is 29.9 Å². The minimum absolute atomic E-state index is 0.0692. The molecule has 2 fully saturated rings. The predicted molar refractivity (Wildman–Crippen MR) is 154 cm³/mol. The number of benzene rings is 2. The van der Waals surface area contributed by atoms with Crippen molar-refractivity contribution in [3.8, 4) is 0 Å². The molecule has 1 N–H and O–H groups in total. The molecule has 1 aliphatic carbocycles. The maximum absolute atomic E-state index is 14.0. The lowest BCUT2D eigenvalue weighted by Crippen LogP contribution is -2.47. The van der Waals surface area contributed by atoms with Crippen molar-refractivity contribution < 1.29 is 45.4 Å². The average Bonchev–Trinajstić information content (AvgIpc) is 2.95. The molecule has 1 saturated carbocycles. The summed E-state index contributed by atoms with van der Waals surface area (Å²) in [7, 11) is 1.39. The van der Waals surface area contributed by atoms with E-state index >= 15 is 0 Å². The topological polar surface area (TPSA) is 60.9 Å². The van der Waals surface area contributed by atoms with Crippen LogP contribution in [0.2, 0.25) is 0 Å². The number of alkyl halides is 6. The minimum atomic E-state index is -5.01. The molecule has 2 aliphatic rings. The van der Waals surface area contributed by atoms with Crippen LogP contribution in [0.3, 0.4) is 0 Å². The van der Waals surface area contributed by atoms with Gasteiger partial charge >= 0.3 is 18.3 Å². The Morgan fingerprint density at radius 2 is 1.51 bits per heavy atom. The molecular weight excluding hydrogens is 605 g/mol. The van der Waals surface area contributed by atoms with Crippen molar-refractivity contribution in [2.45, 2.75) is 76.7 Å². The second-order valence-corrected chi connectivity index (χ2v) is 12.7. The Morgan fingerprint density at radius 1 is 0.933 bits per heavy atom. The van der Waals surface area contributed by atoms with E-state index in [1.165, 1.54) is 31.0 Å². The number of carbonyl (C=O) groups is 2. The van der Waals surface area contributed by atoms with Crippen molar-refractivity contribution in [3.63, 3.8) is 0 Å². The Bertz CT molecular complexity index is 1340. The molecule has 0 aromatic heterocycles. The van der Waals surface area contributed by atoms with Gasteiger partial charge in [-0.25, -0.2) is 4.39 Å². The molecule has 0 unspecified atom stereocenters. The summed E-state index contributed by atoms with van der Waals surface area (Å²) in [4.78, 5) is 28.6. The van der Waals surface area contributed by atoms with E-state index in [9.17, 15) is 40.3 Å². The van der Waals surface area contributed by atoms with Gasteiger partial charge in [0.15, 0.2) is 0 Å². The van der Waals surface area contributed by atoms with Crippen LogP contribution in [-0.2, 0) is 21.9 Å². The van der Waals surface area contributed by atoms with E-state index in [1.807, 2.05) is 0 Å². The van der Waals surface area contributed by atoms with Crippen LogP contribution in [-0.4, -0.2) is 53.5 Å². The fraction of sp³-hybridized carbons (Fsp3) is 0.576. The zero-order valence-electron chi connectivity index (χ0n) is 25.5. The van der Waals surface area contributed by atoms with Crippen LogP contribution in [0.1, 0.15) is 85.2 Å². The number of rotatable bonds is 8. The number of carboxylic acids is 1. The van der Waals surface area contributed by atoms with Gasteiger partial charge in [-0.05, 0) is 111 Å². The van der Waals surface area contributed by atoms with Crippen LogP contribution in [0.25, 0.3) is 0 Å². The van der Waals surface area contributed by atoms with Crippen molar-refractivity contribution in [1.29, 1.82) is 0 Å². The molecule has 45 heavy (non-hydrogen) atoms. The minimum Gasteiger partial charge on any atom is -0.481 e. The maximum atomic E-state index is 14.0. The maximum Gasteiger partial charge on any atom is 0.416 e. The summed E-state index contributed by atoms with van der Waals surface area (Å²) in [5.41, 5.74) is -1.74. The lowest BCUT2D eigenvalue weighted by Gasteiger charge is -2.42. The molecule has 1 saturated heterocycles. The van der Waals surface area contributed by atoms with Gasteiger partial charge in [0.05, 0.1) is 17.2 Å². The summed E-state index contributed by atoms with van der Waals surface area (Å²) in [6.45, 7) is 4.94. The van der Waals surface area contributed by atoms with E-state index < -0.39 is 53.1 Å². The number of hydrogen-bond acceptors (Lipinski definition) is 3. The molecule has 0 radical (unpaired) electrons. The van der Waals surface area contributed by atoms with Gasteiger partial charge in [-0.1, -0.05) is 6.07 Å². The number of amides is 1. The summed E-state index contributed by atoms with van der Waals surface area (Å²) in [6, 6.07) is 4.63. The van der Waals surface area contributed by atoms with Crippen LogP contribution < -0.4 is 0 Å². The first-order valence-electron chi connectivity index (χ1n) is 15.2. The first-order valence-corrected chi connectivity index (χ1v) is 15.2. The van der Waals surface area contributed by atoms with Gasteiger partial charge in [0.2, 0.25) is 5.91 Å². The number of piperidine rings is 1. The highest BCUT2D eigenvalue weighted by atomic mass is 19.4. The molecule has 4 rings (SSSR count). The molecule has 12 heteroatoms. The SMILES string of the molecule is Cc1cc(F)ccc1[C@H]1CN(CC2CCC(CC(=O)O)CC2)CC[C@@H]1C(=O)N(C)[C@@H](C)c1cc(C(F)(F)F)cc(C(F)(F)F)c1. The molecule has 0 bridgehead atoms. The van der Waals surface area contributed by atoms with Crippen LogP contribution in [0.5, 0.6) is 0 Å². The van der Waals surface area contributed by atoms with Crippen LogP contribution in [0.4, 0.5) is 30.7 Å². The number of halogens is 7. The number of carbonyl (C=O) groups excluding carboxylic acids is 1. The third kappa shape index (κ3) is 8.56. The number of hydrogen-bond donors (Lipinski definition) is 1. The molecule has 2 aromatic rings. The summed E-state index contributed by atoms with van der Waals surface area (Å²) in [5.74, 6) is -2.11. The molecule has 1 heterocycles. The smallest absolute Gasteiger partial charge is 0.416 e. The van der Waals surface area contributed by atoms with Crippen molar-refractivity contribution in [1.82, 2.24) is 9.80 Å². The Kier molecular flexibility index (Phi) is 10.6.